The Labute approximate surface area is 114 Å². The number of alkyl halides is 3. The van der Waals surface area contributed by atoms with Crippen molar-refractivity contribution in [2.75, 3.05) is 26.2 Å². The fourth-order valence-corrected chi connectivity index (χ4v) is 2.41. The normalized spacial score (nSPS) is 20.8. The molecule has 7 nitrogen and oxygen atoms in total. The number of nitrogens with zero attached hydrogens (tertiary/aromatic N) is 1. The highest BCUT2D eigenvalue weighted by Crippen LogP contribution is 2.17. The van der Waals surface area contributed by atoms with Crippen molar-refractivity contribution in [1.29, 1.82) is 0 Å². The third-order valence-corrected chi connectivity index (χ3v) is 3.39. The number of carbonyl (C=O) groups excluding carboxylic acids is 1. The molecule has 0 spiro atoms. The molecule has 1 aliphatic rings. The first kappa shape index (κ1) is 17.0. The van der Waals surface area contributed by atoms with E-state index in [0.29, 0.717) is 19.4 Å². The molecule has 1 aliphatic heterocycles. The van der Waals surface area contributed by atoms with Gasteiger partial charge < -0.3 is 10.2 Å². The number of hydrogen-bond donors (Lipinski definition) is 3. The van der Waals surface area contributed by atoms with Gasteiger partial charge in [-0.25, -0.2) is 14.7 Å². The Bertz CT molecular complexity index is 440. The lowest BCUT2D eigenvalue weighted by Crippen LogP contribution is -2.49. The summed E-state index contributed by atoms with van der Waals surface area (Å²) in [6, 6.07) is -0.803. The second kappa shape index (κ2) is 6.59. The van der Waals surface area contributed by atoms with Crippen LogP contribution in [0.5, 0.6) is 0 Å². The monoisotopic (exact) mass is 318 g/mol. The van der Waals surface area contributed by atoms with Crippen LogP contribution in [0.1, 0.15) is 12.8 Å². The molecule has 1 atom stereocenters. The molecule has 0 aromatic heterocycles. The number of amides is 2. The van der Waals surface area contributed by atoms with Crippen LogP contribution in [0, 0.1) is 5.92 Å². The van der Waals surface area contributed by atoms with Crippen molar-refractivity contribution in [2.24, 2.45) is 11.1 Å². The Morgan fingerprint density at radius 1 is 1.40 bits per heavy atom. The van der Waals surface area contributed by atoms with Crippen molar-refractivity contribution >= 4 is 16.2 Å². The topological polar surface area (TPSA) is 105 Å². The first-order chi connectivity index (χ1) is 9.07. The van der Waals surface area contributed by atoms with Crippen LogP contribution in [0.2, 0.25) is 0 Å². The van der Waals surface area contributed by atoms with Crippen molar-refractivity contribution in [3.05, 3.63) is 0 Å². The highest BCUT2D eigenvalue weighted by Gasteiger charge is 2.30. The van der Waals surface area contributed by atoms with Crippen molar-refractivity contribution in [3.8, 4) is 0 Å². The van der Waals surface area contributed by atoms with E-state index in [0.717, 1.165) is 0 Å². The van der Waals surface area contributed by atoms with Crippen LogP contribution in [0.3, 0.4) is 0 Å². The summed E-state index contributed by atoms with van der Waals surface area (Å²) in [4.78, 5) is 12.8. The standard InChI is InChI=1S/C9H17F3N4O3S/c10-9(11,12)6-14-8(17)16-3-1-2-7(5-16)4-15-20(13,18)19/h7,15H,1-6H2,(H,14,17)(H2,13,18,19). The molecular weight excluding hydrogens is 301 g/mol. The van der Waals surface area contributed by atoms with E-state index in [9.17, 15) is 26.4 Å². The molecule has 1 saturated heterocycles. The summed E-state index contributed by atoms with van der Waals surface area (Å²) < 4.78 is 59.6. The third-order valence-electron chi connectivity index (χ3n) is 2.82. The van der Waals surface area contributed by atoms with Crippen LogP contribution in [0.25, 0.3) is 0 Å². The average molecular weight is 318 g/mol. The van der Waals surface area contributed by atoms with Crippen LogP contribution in [0.15, 0.2) is 0 Å². The first-order valence-electron chi connectivity index (χ1n) is 5.94. The van der Waals surface area contributed by atoms with Crippen LogP contribution in [-0.2, 0) is 10.2 Å². The molecule has 0 aromatic rings. The molecule has 20 heavy (non-hydrogen) atoms. The lowest BCUT2D eigenvalue weighted by atomic mass is 9.99. The Kier molecular flexibility index (Phi) is 5.59. The average Bonchev–Trinajstić information content (AvgIpc) is 2.32. The minimum absolute atomic E-state index is 0.0574. The predicted octanol–water partition coefficient (Wildman–Crippen LogP) is -0.237. The maximum Gasteiger partial charge on any atom is 0.405 e. The number of likely N-dealkylation sites (tertiary alicyclic amines) is 1. The second-order valence-electron chi connectivity index (χ2n) is 4.62. The van der Waals surface area contributed by atoms with E-state index in [1.807, 2.05) is 0 Å². The minimum atomic E-state index is -4.46. The van der Waals surface area contributed by atoms with Crippen LogP contribution < -0.4 is 15.2 Å². The van der Waals surface area contributed by atoms with Crippen molar-refractivity contribution in [3.63, 3.8) is 0 Å². The fraction of sp³-hybridized carbons (Fsp3) is 0.889. The van der Waals surface area contributed by atoms with Gasteiger partial charge >= 0.3 is 12.2 Å². The molecule has 4 N–H and O–H groups in total. The van der Waals surface area contributed by atoms with Crippen molar-refractivity contribution < 1.29 is 26.4 Å². The van der Waals surface area contributed by atoms with Gasteiger partial charge in [-0.2, -0.15) is 21.6 Å². The number of carbonyl (C=O) groups is 1. The van der Waals surface area contributed by atoms with E-state index in [2.05, 4.69) is 4.72 Å². The van der Waals surface area contributed by atoms with Crippen molar-refractivity contribution in [1.82, 2.24) is 14.9 Å². The molecule has 0 radical (unpaired) electrons. The SMILES string of the molecule is NS(=O)(=O)NCC1CCCN(C(=O)NCC(F)(F)F)C1. The molecule has 2 amide bonds. The maximum atomic E-state index is 12.0. The largest absolute Gasteiger partial charge is 0.405 e. The summed E-state index contributed by atoms with van der Waals surface area (Å²) in [5.41, 5.74) is 0. The van der Waals surface area contributed by atoms with E-state index >= 15 is 0 Å². The highest BCUT2D eigenvalue weighted by molar-refractivity contribution is 7.87. The number of rotatable bonds is 4. The summed E-state index contributed by atoms with van der Waals surface area (Å²) in [7, 11) is -3.81. The fourth-order valence-electron chi connectivity index (χ4n) is 1.94. The first-order valence-corrected chi connectivity index (χ1v) is 7.48. The van der Waals surface area contributed by atoms with Gasteiger partial charge in [0.25, 0.3) is 10.2 Å². The molecule has 0 bridgehead atoms. The van der Waals surface area contributed by atoms with E-state index in [1.54, 1.807) is 5.32 Å². The molecule has 1 fully saturated rings. The van der Waals surface area contributed by atoms with Gasteiger partial charge in [0.2, 0.25) is 0 Å². The molecule has 118 valence electrons. The molecule has 11 heteroatoms. The number of nitrogens with two attached hydrogens (primary N) is 1. The Morgan fingerprint density at radius 3 is 2.60 bits per heavy atom. The Morgan fingerprint density at radius 2 is 2.05 bits per heavy atom. The van der Waals surface area contributed by atoms with E-state index in [4.69, 9.17) is 5.14 Å². The van der Waals surface area contributed by atoms with E-state index in [-0.39, 0.29) is 19.0 Å². The minimum Gasteiger partial charge on any atom is -0.329 e. The lowest BCUT2D eigenvalue weighted by molar-refractivity contribution is -0.123. The molecule has 1 rings (SSSR count). The molecule has 1 unspecified atom stereocenters. The lowest BCUT2D eigenvalue weighted by Gasteiger charge is -2.32. The van der Waals surface area contributed by atoms with Gasteiger partial charge in [0.05, 0.1) is 0 Å². The number of hydrogen-bond acceptors (Lipinski definition) is 3. The summed E-state index contributed by atoms with van der Waals surface area (Å²) >= 11 is 0. The van der Waals surface area contributed by atoms with Gasteiger partial charge in [-0.15, -0.1) is 0 Å². The quantitative estimate of drug-likeness (QED) is 0.666. The Balaban J connectivity index is 2.42. The van der Waals surface area contributed by atoms with Gasteiger partial charge in [0.15, 0.2) is 0 Å². The third kappa shape index (κ3) is 6.91. The number of nitrogens with one attached hydrogen (secondary N) is 2. The second-order valence-corrected chi connectivity index (χ2v) is 6.00. The zero-order valence-corrected chi connectivity index (χ0v) is 11.4. The summed E-state index contributed by atoms with van der Waals surface area (Å²) in [6.45, 7) is -0.800. The van der Waals surface area contributed by atoms with Crippen LogP contribution in [-0.4, -0.2) is 51.7 Å². The molecular formula is C9H17F3N4O3S. The van der Waals surface area contributed by atoms with Gasteiger partial charge in [-0.3, -0.25) is 0 Å². The van der Waals surface area contributed by atoms with Gasteiger partial charge in [-0.05, 0) is 18.8 Å². The zero-order valence-electron chi connectivity index (χ0n) is 10.6. The number of piperidine rings is 1. The number of urea groups is 1. The summed E-state index contributed by atoms with van der Waals surface area (Å²) in [6.07, 6.45) is -3.19. The summed E-state index contributed by atoms with van der Waals surface area (Å²) in [5.74, 6) is -0.168. The predicted molar refractivity (Wildman–Crippen MR) is 64.9 cm³/mol. The highest BCUT2D eigenvalue weighted by atomic mass is 32.2. The van der Waals surface area contributed by atoms with Gasteiger partial charge in [-0.1, -0.05) is 0 Å². The van der Waals surface area contributed by atoms with Crippen LogP contribution >= 0.6 is 0 Å². The van der Waals surface area contributed by atoms with E-state index < -0.39 is 29.0 Å². The van der Waals surface area contributed by atoms with Gasteiger partial charge in [0, 0.05) is 19.6 Å². The van der Waals surface area contributed by atoms with Crippen molar-refractivity contribution in [2.45, 2.75) is 19.0 Å². The molecule has 0 aromatic carbocycles. The smallest absolute Gasteiger partial charge is 0.329 e. The van der Waals surface area contributed by atoms with Crippen LogP contribution in [0.4, 0.5) is 18.0 Å². The van der Waals surface area contributed by atoms with Gasteiger partial charge in [0.1, 0.15) is 6.54 Å². The molecule has 0 aliphatic carbocycles. The molecule has 0 saturated carbocycles. The number of halogens is 3. The van der Waals surface area contributed by atoms with E-state index in [1.165, 1.54) is 4.90 Å². The maximum absolute atomic E-state index is 12.0. The zero-order chi connectivity index (χ0) is 15.4. The summed E-state index contributed by atoms with van der Waals surface area (Å²) in [5, 5.41) is 6.57. The Hall–Kier alpha value is -1.07. The molecule has 1 heterocycles.